The van der Waals surface area contributed by atoms with Crippen LogP contribution in [0.25, 0.3) is 0 Å². The molecule has 0 aromatic heterocycles. The standard InChI is InChI=1S/C9H16F2N2O/c1-2-12-8(14)7-13-5-3-9(10,11)4-6-13/h2-7H2,1H3,(H,12,14). The first-order valence-corrected chi connectivity index (χ1v) is 4.90. The molecule has 1 saturated heterocycles. The highest BCUT2D eigenvalue weighted by Crippen LogP contribution is 2.27. The predicted octanol–water partition coefficient (Wildman–Crippen LogP) is 0.854. The van der Waals surface area contributed by atoms with Gasteiger partial charge in [-0.25, -0.2) is 8.78 Å². The number of nitrogens with one attached hydrogen (secondary N) is 1. The van der Waals surface area contributed by atoms with Crippen LogP contribution >= 0.6 is 0 Å². The molecule has 1 amide bonds. The van der Waals surface area contributed by atoms with Crippen LogP contribution < -0.4 is 5.32 Å². The molecule has 0 atom stereocenters. The molecule has 0 bridgehead atoms. The Morgan fingerprint density at radius 3 is 2.50 bits per heavy atom. The third-order valence-electron chi connectivity index (χ3n) is 2.33. The van der Waals surface area contributed by atoms with Gasteiger partial charge in [-0.05, 0) is 6.92 Å². The lowest BCUT2D eigenvalue weighted by atomic mass is 10.1. The third-order valence-corrected chi connectivity index (χ3v) is 2.33. The molecule has 1 N–H and O–H groups in total. The van der Waals surface area contributed by atoms with E-state index in [0.717, 1.165) is 0 Å². The molecule has 0 radical (unpaired) electrons. The van der Waals surface area contributed by atoms with Gasteiger partial charge in [0.05, 0.1) is 6.54 Å². The van der Waals surface area contributed by atoms with Gasteiger partial charge in [0.25, 0.3) is 5.92 Å². The fourth-order valence-corrected chi connectivity index (χ4v) is 1.49. The molecule has 0 aromatic rings. The minimum Gasteiger partial charge on any atom is -0.355 e. The maximum Gasteiger partial charge on any atom is 0.250 e. The fourth-order valence-electron chi connectivity index (χ4n) is 1.49. The van der Waals surface area contributed by atoms with Gasteiger partial charge in [-0.15, -0.1) is 0 Å². The van der Waals surface area contributed by atoms with Crippen LogP contribution in [0.1, 0.15) is 19.8 Å². The highest BCUT2D eigenvalue weighted by Gasteiger charge is 2.34. The minimum atomic E-state index is -2.53. The number of alkyl halides is 2. The van der Waals surface area contributed by atoms with E-state index in [1.165, 1.54) is 0 Å². The van der Waals surface area contributed by atoms with Crippen LogP contribution in [-0.2, 0) is 4.79 Å². The summed E-state index contributed by atoms with van der Waals surface area (Å²) in [5, 5.41) is 2.65. The molecule has 0 saturated carbocycles. The molecule has 1 aliphatic heterocycles. The number of rotatable bonds is 3. The van der Waals surface area contributed by atoms with Gasteiger partial charge in [0.15, 0.2) is 0 Å². The van der Waals surface area contributed by atoms with Crippen molar-refractivity contribution in [1.82, 2.24) is 10.2 Å². The molecular weight excluding hydrogens is 190 g/mol. The zero-order valence-electron chi connectivity index (χ0n) is 8.35. The molecular formula is C9H16F2N2O. The van der Waals surface area contributed by atoms with Crippen molar-refractivity contribution in [3.05, 3.63) is 0 Å². The summed E-state index contributed by atoms with van der Waals surface area (Å²) >= 11 is 0. The normalized spacial score (nSPS) is 21.9. The Morgan fingerprint density at radius 2 is 2.00 bits per heavy atom. The van der Waals surface area contributed by atoms with Crippen molar-refractivity contribution in [2.45, 2.75) is 25.7 Å². The van der Waals surface area contributed by atoms with Gasteiger partial charge in [0, 0.05) is 32.5 Å². The zero-order valence-corrected chi connectivity index (χ0v) is 8.35. The maximum absolute atomic E-state index is 12.7. The molecule has 82 valence electrons. The molecule has 3 nitrogen and oxygen atoms in total. The molecule has 1 rings (SSSR count). The SMILES string of the molecule is CCNC(=O)CN1CCC(F)(F)CC1. The number of carbonyl (C=O) groups excluding carboxylic acids is 1. The monoisotopic (exact) mass is 206 g/mol. The molecule has 0 aromatic carbocycles. The number of carbonyl (C=O) groups is 1. The Labute approximate surface area is 82.5 Å². The van der Waals surface area contributed by atoms with Crippen LogP contribution in [0.5, 0.6) is 0 Å². The molecule has 14 heavy (non-hydrogen) atoms. The molecule has 1 heterocycles. The lowest BCUT2D eigenvalue weighted by molar-refractivity contribution is -0.124. The summed E-state index contributed by atoms with van der Waals surface area (Å²) in [4.78, 5) is 12.9. The molecule has 0 spiro atoms. The van der Waals surface area contributed by atoms with Gasteiger partial charge in [-0.1, -0.05) is 0 Å². The Morgan fingerprint density at radius 1 is 1.43 bits per heavy atom. The predicted molar refractivity (Wildman–Crippen MR) is 49.3 cm³/mol. The number of likely N-dealkylation sites (N-methyl/N-ethyl adjacent to an activating group) is 1. The average molecular weight is 206 g/mol. The summed E-state index contributed by atoms with van der Waals surface area (Å²) in [7, 11) is 0. The lowest BCUT2D eigenvalue weighted by Crippen LogP contribution is -2.44. The van der Waals surface area contributed by atoms with Crippen LogP contribution in [0.15, 0.2) is 0 Å². The number of likely N-dealkylation sites (tertiary alicyclic amines) is 1. The topological polar surface area (TPSA) is 32.3 Å². The summed E-state index contributed by atoms with van der Waals surface area (Å²) in [6, 6.07) is 0. The van der Waals surface area contributed by atoms with E-state index in [9.17, 15) is 13.6 Å². The number of piperidine rings is 1. The average Bonchev–Trinajstić information content (AvgIpc) is 2.09. The van der Waals surface area contributed by atoms with Gasteiger partial charge in [-0.3, -0.25) is 9.69 Å². The number of hydrogen-bond donors (Lipinski definition) is 1. The van der Waals surface area contributed by atoms with Crippen molar-refractivity contribution < 1.29 is 13.6 Å². The first-order chi connectivity index (χ1) is 6.53. The molecule has 5 heteroatoms. The summed E-state index contributed by atoms with van der Waals surface area (Å²) in [5.74, 6) is -2.62. The lowest BCUT2D eigenvalue weighted by Gasteiger charge is -2.30. The fraction of sp³-hybridized carbons (Fsp3) is 0.889. The molecule has 0 aliphatic carbocycles. The smallest absolute Gasteiger partial charge is 0.250 e. The Balaban J connectivity index is 2.25. The third kappa shape index (κ3) is 3.57. The van der Waals surface area contributed by atoms with Crippen LogP contribution in [0.3, 0.4) is 0 Å². The van der Waals surface area contributed by atoms with Gasteiger partial charge in [0.1, 0.15) is 0 Å². The summed E-state index contributed by atoms with van der Waals surface area (Å²) in [6.45, 7) is 3.28. The van der Waals surface area contributed by atoms with E-state index in [1.807, 2.05) is 6.92 Å². The summed E-state index contributed by atoms with van der Waals surface area (Å²) in [5.41, 5.74) is 0. The quantitative estimate of drug-likeness (QED) is 0.742. The van der Waals surface area contributed by atoms with E-state index >= 15 is 0 Å². The Bertz CT molecular complexity index is 199. The van der Waals surface area contributed by atoms with E-state index < -0.39 is 5.92 Å². The maximum atomic E-state index is 12.7. The van der Waals surface area contributed by atoms with E-state index in [-0.39, 0.29) is 25.3 Å². The number of nitrogens with zero attached hydrogens (tertiary/aromatic N) is 1. The van der Waals surface area contributed by atoms with Crippen molar-refractivity contribution in [3.8, 4) is 0 Å². The first-order valence-electron chi connectivity index (χ1n) is 4.90. The van der Waals surface area contributed by atoms with E-state index in [0.29, 0.717) is 19.6 Å². The van der Waals surface area contributed by atoms with Crippen molar-refractivity contribution >= 4 is 5.91 Å². The second-order valence-corrected chi connectivity index (χ2v) is 3.59. The molecule has 0 unspecified atom stereocenters. The van der Waals surface area contributed by atoms with Gasteiger partial charge in [-0.2, -0.15) is 0 Å². The van der Waals surface area contributed by atoms with Crippen LogP contribution in [0, 0.1) is 0 Å². The highest BCUT2D eigenvalue weighted by atomic mass is 19.3. The largest absolute Gasteiger partial charge is 0.355 e. The van der Waals surface area contributed by atoms with Gasteiger partial charge < -0.3 is 5.32 Å². The van der Waals surface area contributed by atoms with E-state index in [2.05, 4.69) is 5.32 Å². The number of amides is 1. The van der Waals surface area contributed by atoms with Crippen LogP contribution in [-0.4, -0.2) is 42.9 Å². The number of halogens is 2. The van der Waals surface area contributed by atoms with E-state index in [4.69, 9.17) is 0 Å². The zero-order chi connectivity index (χ0) is 10.6. The second-order valence-electron chi connectivity index (χ2n) is 3.59. The van der Waals surface area contributed by atoms with Gasteiger partial charge in [0.2, 0.25) is 5.91 Å². The summed E-state index contributed by atoms with van der Waals surface area (Å²) in [6.07, 6.45) is -0.265. The van der Waals surface area contributed by atoms with Crippen molar-refractivity contribution in [2.75, 3.05) is 26.2 Å². The van der Waals surface area contributed by atoms with Crippen molar-refractivity contribution in [1.29, 1.82) is 0 Å². The molecule has 1 aliphatic rings. The first kappa shape index (κ1) is 11.4. The van der Waals surface area contributed by atoms with E-state index in [1.54, 1.807) is 4.90 Å². The second kappa shape index (κ2) is 4.68. The van der Waals surface area contributed by atoms with Crippen LogP contribution in [0.2, 0.25) is 0 Å². The summed E-state index contributed by atoms with van der Waals surface area (Å²) < 4.78 is 25.5. The molecule has 1 fully saturated rings. The van der Waals surface area contributed by atoms with Crippen LogP contribution in [0.4, 0.5) is 8.78 Å². The van der Waals surface area contributed by atoms with Crippen molar-refractivity contribution in [2.24, 2.45) is 0 Å². The number of hydrogen-bond acceptors (Lipinski definition) is 2. The van der Waals surface area contributed by atoms with Gasteiger partial charge >= 0.3 is 0 Å². The Hall–Kier alpha value is -0.710. The Kier molecular flexibility index (Phi) is 3.80. The highest BCUT2D eigenvalue weighted by molar-refractivity contribution is 5.77. The minimum absolute atomic E-state index is 0.0854. The van der Waals surface area contributed by atoms with Crippen molar-refractivity contribution in [3.63, 3.8) is 0 Å².